The number of benzene rings is 1. The molecule has 0 aliphatic rings. The molecule has 1 aromatic rings. The summed E-state index contributed by atoms with van der Waals surface area (Å²) >= 11 is 5.32. The van der Waals surface area contributed by atoms with Crippen molar-refractivity contribution in [1.82, 2.24) is 0 Å². The van der Waals surface area contributed by atoms with Gasteiger partial charge in [0.25, 0.3) is 0 Å². The monoisotopic (exact) mass is 247 g/mol. The molecule has 0 aromatic heterocycles. The lowest BCUT2D eigenvalue weighted by atomic mass is 10.1. The summed E-state index contributed by atoms with van der Waals surface area (Å²) in [5, 5.41) is -0.423. The summed E-state index contributed by atoms with van der Waals surface area (Å²) in [6.45, 7) is 2.05. The minimum atomic E-state index is -3.40. The second-order valence-corrected chi connectivity index (χ2v) is 5.54. The van der Waals surface area contributed by atoms with Crippen molar-refractivity contribution in [3.05, 3.63) is 29.8 Å². The quantitative estimate of drug-likeness (QED) is 0.813. The van der Waals surface area contributed by atoms with E-state index in [9.17, 15) is 8.42 Å². The smallest absolute Gasteiger partial charge is 0.246 e. The summed E-state index contributed by atoms with van der Waals surface area (Å²) in [5.74, 6) is 0. The van der Waals surface area contributed by atoms with Gasteiger partial charge in [-0.15, -0.1) is 11.6 Å². The van der Waals surface area contributed by atoms with E-state index in [-0.39, 0.29) is 0 Å². The standard InChI is InChI=1S/C10H14ClNO2S/c1-2-5-9-6-3-4-7-10(9)12-15(13,14)8-11/h3-4,6-7,12H,2,5,8H2,1H3. The van der Waals surface area contributed by atoms with E-state index in [0.717, 1.165) is 18.4 Å². The Morgan fingerprint density at radius 2 is 2.00 bits per heavy atom. The van der Waals surface area contributed by atoms with Gasteiger partial charge < -0.3 is 0 Å². The van der Waals surface area contributed by atoms with E-state index in [1.54, 1.807) is 12.1 Å². The number of halogens is 1. The molecule has 0 radical (unpaired) electrons. The van der Waals surface area contributed by atoms with E-state index in [0.29, 0.717) is 5.69 Å². The third kappa shape index (κ3) is 3.72. The molecule has 1 aromatic carbocycles. The van der Waals surface area contributed by atoms with Gasteiger partial charge in [-0.05, 0) is 18.1 Å². The Balaban J connectivity index is 2.94. The Kier molecular flexibility index (Phi) is 4.42. The van der Waals surface area contributed by atoms with Gasteiger partial charge in [0.2, 0.25) is 10.0 Å². The molecule has 1 rings (SSSR count). The normalized spacial score (nSPS) is 11.3. The number of anilines is 1. The molecule has 15 heavy (non-hydrogen) atoms. The number of para-hydroxylation sites is 1. The lowest BCUT2D eigenvalue weighted by Gasteiger charge is -2.10. The Labute approximate surface area is 95.5 Å². The molecule has 0 heterocycles. The minimum absolute atomic E-state index is 0.423. The highest BCUT2D eigenvalue weighted by molar-refractivity contribution is 7.93. The molecule has 0 aliphatic carbocycles. The maximum absolute atomic E-state index is 11.3. The van der Waals surface area contributed by atoms with Crippen molar-refractivity contribution in [2.75, 3.05) is 9.93 Å². The lowest BCUT2D eigenvalue weighted by molar-refractivity contribution is 0.605. The first-order valence-corrected chi connectivity index (χ1v) is 6.92. The molecule has 0 amide bonds. The Morgan fingerprint density at radius 3 is 2.60 bits per heavy atom. The summed E-state index contributed by atoms with van der Waals surface area (Å²) in [7, 11) is -3.40. The van der Waals surface area contributed by atoms with Gasteiger partial charge in [0, 0.05) is 0 Å². The van der Waals surface area contributed by atoms with Gasteiger partial charge in [-0.1, -0.05) is 31.5 Å². The average molecular weight is 248 g/mol. The molecule has 0 saturated carbocycles. The first-order chi connectivity index (χ1) is 7.09. The summed E-state index contributed by atoms with van der Waals surface area (Å²) in [6, 6.07) is 7.35. The van der Waals surface area contributed by atoms with Crippen molar-refractivity contribution in [2.24, 2.45) is 0 Å². The highest BCUT2D eigenvalue weighted by Gasteiger charge is 2.10. The number of rotatable bonds is 5. The van der Waals surface area contributed by atoms with Crippen LogP contribution < -0.4 is 4.72 Å². The van der Waals surface area contributed by atoms with E-state index in [2.05, 4.69) is 4.72 Å². The summed E-state index contributed by atoms with van der Waals surface area (Å²) < 4.78 is 25.0. The second kappa shape index (κ2) is 5.37. The van der Waals surface area contributed by atoms with Crippen molar-refractivity contribution in [2.45, 2.75) is 19.8 Å². The van der Waals surface area contributed by atoms with E-state index in [1.165, 1.54) is 0 Å². The maximum Gasteiger partial charge on any atom is 0.246 e. The van der Waals surface area contributed by atoms with Crippen LogP contribution in [0.3, 0.4) is 0 Å². The molecule has 0 fully saturated rings. The lowest BCUT2D eigenvalue weighted by Crippen LogP contribution is -2.14. The molecule has 1 N–H and O–H groups in total. The molecular formula is C10H14ClNO2S. The SMILES string of the molecule is CCCc1ccccc1NS(=O)(=O)CCl. The van der Waals surface area contributed by atoms with Crippen molar-refractivity contribution < 1.29 is 8.42 Å². The van der Waals surface area contributed by atoms with Gasteiger partial charge in [0.15, 0.2) is 0 Å². The van der Waals surface area contributed by atoms with Crippen molar-refractivity contribution in [3.63, 3.8) is 0 Å². The predicted molar refractivity (Wildman–Crippen MR) is 63.7 cm³/mol. The van der Waals surface area contributed by atoms with Gasteiger partial charge >= 0.3 is 0 Å². The van der Waals surface area contributed by atoms with Crippen LogP contribution in [0.15, 0.2) is 24.3 Å². The number of sulfonamides is 1. The molecule has 0 aliphatic heterocycles. The largest absolute Gasteiger partial charge is 0.282 e. The van der Waals surface area contributed by atoms with Gasteiger partial charge in [0.05, 0.1) is 5.69 Å². The Bertz CT molecular complexity index is 417. The highest BCUT2D eigenvalue weighted by atomic mass is 35.5. The van der Waals surface area contributed by atoms with E-state index < -0.39 is 15.2 Å². The number of nitrogens with one attached hydrogen (secondary N) is 1. The summed E-state index contributed by atoms with van der Waals surface area (Å²) in [4.78, 5) is 0. The van der Waals surface area contributed by atoms with Crippen LogP contribution in [0.5, 0.6) is 0 Å². The first-order valence-electron chi connectivity index (χ1n) is 4.73. The van der Waals surface area contributed by atoms with Crippen molar-refractivity contribution in [1.29, 1.82) is 0 Å². The van der Waals surface area contributed by atoms with Crippen LogP contribution in [0, 0.1) is 0 Å². The topological polar surface area (TPSA) is 46.2 Å². The Morgan fingerprint density at radius 1 is 1.33 bits per heavy atom. The fourth-order valence-electron chi connectivity index (χ4n) is 1.30. The molecule has 0 unspecified atom stereocenters. The van der Waals surface area contributed by atoms with Crippen LogP contribution in [-0.4, -0.2) is 13.6 Å². The van der Waals surface area contributed by atoms with Gasteiger partial charge in [0.1, 0.15) is 5.21 Å². The fraction of sp³-hybridized carbons (Fsp3) is 0.400. The van der Waals surface area contributed by atoms with Crippen molar-refractivity contribution in [3.8, 4) is 0 Å². The summed E-state index contributed by atoms with van der Waals surface area (Å²) in [5.41, 5.74) is 1.62. The molecule has 0 saturated heterocycles. The Hall–Kier alpha value is -0.740. The second-order valence-electron chi connectivity index (χ2n) is 3.23. The van der Waals surface area contributed by atoms with Crippen LogP contribution in [0.4, 0.5) is 5.69 Å². The number of aryl methyl sites for hydroxylation is 1. The van der Waals surface area contributed by atoms with Crippen molar-refractivity contribution >= 4 is 27.3 Å². The predicted octanol–water partition coefficient (Wildman–Crippen LogP) is 2.58. The van der Waals surface area contributed by atoms with Crippen LogP contribution >= 0.6 is 11.6 Å². The number of hydrogen-bond donors (Lipinski definition) is 1. The van der Waals surface area contributed by atoms with Gasteiger partial charge in [-0.2, -0.15) is 0 Å². The van der Waals surface area contributed by atoms with Crippen LogP contribution in [-0.2, 0) is 16.4 Å². The molecule has 3 nitrogen and oxygen atoms in total. The van der Waals surface area contributed by atoms with Gasteiger partial charge in [-0.25, -0.2) is 8.42 Å². The molecule has 0 atom stereocenters. The minimum Gasteiger partial charge on any atom is -0.282 e. The molecule has 5 heteroatoms. The first kappa shape index (κ1) is 12.3. The van der Waals surface area contributed by atoms with E-state index in [1.807, 2.05) is 19.1 Å². The fourth-order valence-corrected chi connectivity index (χ4v) is 2.05. The molecule has 0 spiro atoms. The van der Waals surface area contributed by atoms with Crippen LogP contribution in [0.1, 0.15) is 18.9 Å². The zero-order valence-electron chi connectivity index (χ0n) is 8.53. The average Bonchev–Trinajstić information content (AvgIpc) is 2.21. The molecule has 0 bridgehead atoms. The third-order valence-electron chi connectivity index (χ3n) is 1.95. The number of hydrogen-bond acceptors (Lipinski definition) is 2. The highest BCUT2D eigenvalue weighted by Crippen LogP contribution is 2.18. The third-order valence-corrected chi connectivity index (χ3v) is 3.63. The van der Waals surface area contributed by atoms with Crippen LogP contribution in [0.25, 0.3) is 0 Å². The van der Waals surface area contributed by atoms with E-state index >= 15 is 0 Å². The number of alkyl halides is 1. The van der Waals surface area contributed by atoms with E-state index in [4.69, 9.17) is 11.6 Å². The zero-order chi connectivity index (χ0) is 11.3. The van der Waals surface area contributed by atoms with Gasteiger partial charge in [-0.3, -0.25) is 4.72 Å². The summed E-state index contributed by atoms with van der Waals surface area (Å²) in [6.07, 6.45) is 1.82. The zero-order valence-corrected chi connectivity index (χ0v) is 10.1. The molecule has 84 valence electrons. The molecular weight excluding hydrogens is 234 g/mol. The maximum atomic E-state index is 11.3. The van der Waals surface area contributed by atoms with Crippen LogP contribution in [0.2, 0.25) is 0 Å².